The number of nitrogens with one attached hydrogen (secondary N) is 1. The molecule has 4 heteroatoms. The minimum absolute atomic E-state index is 0.624. The molecule has 102 valence electrons. The summed E-state index contributed by atoms with van der Waals surface area (Å²) in [5.41, 5.74) is 9.11. The zero-order valence-electron chi connectivity index (χ0n) is 11.4. The summed E-state index contributed by atoms with van der Waals surface area (Å²) in [7, 11) is 0. The van der Waals surface area contributed by atoms with Gasteiger partial charge in [0.05, 0.1) is 18.0 Å². The Bertz CT molecular complexity index is 537. The third-order valence-corrected chi connectivity index (χ3v) is 3.99. The number of nitrogens with two attached hydrogens (primary N) is 1. The zero-order chi connectivity index (χ0) is 13.7. The van der Waals surface area contributed by atoms with Crippen LogP contribution in [0.4, 0.5) is 11.4 Å². The SMILES string of the molecule is CCOc1cccc(NCc2sccc2CC)c1N. The number of nitrogen functional groups attached to an aromatic ring is 1. The number of hydrogen-bond acceptors (Lipinski definition) is 4. The summed E-state index contributed by atoms with van der Waals surface area (Å²) >= 11 is 1.78. The van der Waals surface area contributed by atoms with Gasteiger partial charge in [-0.05, 0) is 42.5 Å². The van der Waals surface area contributed by atoms with Gasteiger partial charge in [-0.1, -0.05) is 13.0 Å². The van der Waals surface area contributed by atoms with Gasteiger partial charge in [-0.25, -0.2) is 0 Å². The van der Waals surface area contributed by atoms with Crippen molar-refractivity contribution in [2.75, 3.05) is 17.7 Å². The van der Waals surface area contributed by atoms with Crippen molar-refractivity contribution in [3.05, 3.63) is 40.1 Å². The van der Waals surface area contributed by atoms with E-state index in [0.717, 1.165) is 24.4 Å². The lowest BCUT2D eigenvalue weighted by Crippen LogP contribution is -2.04. The zero-order valence-corrected chi connectivity index (χ0v) is 12.2. The fraction of sp³-hybridized carbons (Fsp3) is 0.333. The van der Waals surface area contributed by atoms with E-state index in [-0.39, 0.29) is 0 Å². The highest BCUT2D eigenvalue weighted by Crippen LogP contribution is 2.30. The van der Waals surface area contributed by atoms with Gasteiger partial charge in [-0.2, -0.15) is 0 Å². The van der Waals surface area contributed by atoms with E-state index in [1.807, 2.05) is 25.1 Å². The van der Waals surface area contributed by atoms with Crippen LogP contribution in [-0.4, -0.2) is 6.61 Å². The van der Waals surface area contributed by atoms with Gasteiger partial charge in [-0.3, -0.25) is 0 Å². The molecule has 0 saturated carbocycles. The highest BCUT2D eigenvalue weighted by atomic mass is 32.1. The van der Waals surface area contributed by atoms with E-state index >= 15 is 0 Å². The van der Waals surface area contributed by atoms with E-state index in [2.05, 4.69) is 23.7 Å². The van der Waals surface area contributed by atoms with Gasteiger partial charge in [0.2, 0.25) is 0 Å². The Hall–Kier alpha value is -1.68. The molecule has 3 N–H and O–H groups in total. The second-order valence-corrected chi connectivity index (χ2v) is 5.23. The molecule has 0 unspecified atom stereocenters. The smallest absolute Gasteiger partial charge is 0.144 e. The maximum Gasteiger partial charge on any atom is 0.144 e. The molecular weight excluding hydrogens is 256 g/mol. The van der Waals surface area contributed by atoms with Crippen molar-refractivity contribution in [1.29, 1.82) is 0 Å². The number of hydrogen-bond donors (Lipinski definition) is 2. The third-order valence-electron chi connectivity index (χ3n) is 3.02. The predicted octanol–water partition coefficient (Wildman–Crippen LogP) is 3.90. The predicted molar refractivity (Wildman–Crippen MR) is 83.0 cm³/mol. The van der Waals surface area contributed by atoms with Crippen LogP contribution < -0.4 is 15.8 Å². The molecule has 2 aromatic rings. The second-order valence-electron chi connectivity index (χ2n) is 4.23. The quantitative estimate of drug-likeness (QED) is 0.787. The molecule has 0 aliphatic carbocycles. The van der Waals surface area contributed by atoms with E-state index in [4.69, 9.17) is 10.5 Å². The molecule has 0 spiro atoms. The largest absolute Gasteiger partial charge is 0.492 e. The van der Waals surface area contributed by atoms with Gasteiger partial charge < -0.3 is 15.8 Å². The van der Waals surface area contributed by atoms with Crippen LogP contribution in [0.5, 0.6) is 5.75 Å². The number of anilines is 2. The van der Waals surface area contributed by atoms with E-state index in [1.165, 1.54) is 10.4 Å². The molecule has 0 bridgehead atoms. The maximum atomic E-state index is 6.10. The Kier molecular flexibility index (Phi) is 4.68. The Balaban J connectivity index is 2.09. The van der Waals surface area contributed by atoms with Crippen molar-refractivity contribution in [1.82, 2.24) is 0 Å². The molecule has 0 radical (unpaired) electrons. The summed E-state index contributed by atoms with van der Waals surface area (Å²) in [5, 5.41) is 5.53. The van der Waals surface area contributed by atoms with Crippen LogP contribution >= 0.6 is 11.3 Å². The van der Waals surface area contributed by atoms with E-state index < -0.39 is 0 Å². The molecule has 0 atom stereocenters. The molecule has 1 aromatic carbocycles. The Morgan fingerprint density at radius 1 is 1.26 bits per heavy atom. The Morgan fingerprint density at radius 2 is 2.11 bits per heavy atom. The molecule has 0 aliphatic heterocycles. The first-order chi connectivity index (χ1) is 9.26. The summed E-state index contributed by atoms with van der Waals surface area (Å²) in [6, 6.07) is 8.02. The van der Waals surface area contributed by atoms with Crippen molar-refractivity contribution >= 4 is 22.7 Å². The van der Waals surface area contributed by atoms with Crippen molar-refractivity contribution < 1.29 is 4.74 Å². The van der Waals surface area contributed by atoms with Crippen molar-refractivity contribution in [2.24, 2.45) is 0 Å². The maximum absolute atomic E-state index is 6.10. The average Bonchev–Trinajstić information content (AvgIpc) is 2.87. The average molecular weight is 276 g/mol. The van der Waals surface area contributed by atoms with Crippen LogP contribution in [-0.2, 0) is 13.0 Å². The summed E-state index contributed by atoms with van der Waals surface area (Å²) in [5.74, 6) is 0.745. The normalized spacial score (nSPS) is 10.4. The molecule has 0 saturated heterocycles. The third kappa shape index (κ3) is 3.20. The van der Waals surface area contributed by atoms with Crippen molar-refractivity contribution in [2.45, 2.75) is 26.8 Å². The van der Waals surface area contributed by atoms with Gasteiger partial charge in [0.15, 0.2) is 0 Å². The molecule has 2 rings (SSSR count). The standard InChI is InChI=1S/C15H20N2OS/c1-3-11-8-9-19-14(11)10-17-12-6-5-7-13(15(12)16)18-4-2/h5-9,17H,3-4,10,16H2,1-2H3. The highest BCUT2D eigenvalue weighted by Gasteiger charge is 2.07. The Morgan fingerprint density at radius 3 is 2.84 bits per heavy atom. The van der Waals surface area contributed by atoms with Crippen LogP contribution in [0.25, 0.3) is 0 Å². The van der Waals surface area contributed by atoms with E-state index in [0.29, 0.717) is 12.3 Å². The van der Waals surface area contributed by atoms with Crippen LogP contribution in [0.3, 0.4) is 0 Å². The highest BCUT2D eigenvalue weighted by molar-refractivity contribution is 7.10. The molecule has 0 aliphatic rings. The number of thiophene rings is 1. The van der Waals surface area contributed by atoms with Gasteiger partial charge in [0, 0.05) is 11.4 Å². The summed E-state index contributed by atoms with van der Waals surface area (Å²) in [4.78, 5) is 1.36. The molecule has 1 heterocycles. The van der Waals surface area contributed by atoms with Gasteiger partial charge in [-0.15, -0.1) is 11.3 Å². The molecule has 3 nitrogen and oxygen atoms in total. The molecule has 1 aromatic heterocycles. The summed E-state index contributed by atoms with van der Waals surface area (Å²) in [6.07, 6.45) is 1.06. The molecular formula is C15H20N2OS. The first-order valence-electron chi connectivity index (χ1n) is 6.56. The minimum Gasteiger partial charge on any atom is -0.492 e. The fourth-order valence-corrected chi connectivity index (χ4v) is 2.91. The summed E-state index contributed by atoms with van der Waals surface area (Å²) in [6.45, 7) is 5.56. The second kappa shape index (κ2) is 6.48. The van der Waals surface area contributed by atoms with E-state index in [1.54, 1.807) is 11.3 Å². The van der Waals surface area contributed by atoms with Crippen LogP contribution in [0.2, 0.25) is 0 Å². The monoisotopic (exact) mass is 276 g/mol. The van der Waals surface area contributed by atoms with E-state index in [9.17, 15) is 0 Å². The number of ether oxygens (including phenoxy) is 1. The van der Waals surface area contributed by atoms with Crippen molar-refractivity contribution in [3.8, 4) is 5.75 Å². The lowest BCUT2D eigenvalue weighted by atomic mass is 10.2. The topological polar surface area (TPSA) is 47.3 Å². The number of aryl methyl sites for hydroxylation is 1. The van der Waals surface area contributed by atoms with Crippen LogP contribution in [0, 0.1) is 0 Å². The number of para-hydroxylation sites is 1. The van der Waals surface area contributed by atoms with Gasteiger partial charge in [0.1, 0.15) is 5.75 Å². The van der Waals surface area contributed by atoms with Crippen molar-refractivity contribution in [3.63, 3.8) is 0 Å². The number of benzene rings is 1. The molecule has 0 amide bonds. The van der Waals surface area contributed by atoms with Gasteiger partial charge >= 0.3 is 0 Å². The van der Waals surface area contributed by atoms with Crippen LogP contribution in [0.1, 0.15) is 24.3 Å². The van der Waals surface area contributed by atoms with Crippen LogP contribution in [0.15, 0.2) is 29.6 Å². The van der Waals surface area contributed by atoms with Gasteiger partial charge in [0.25, 0.3) is 0 Å². The Labute approximate surface area is 118 Å². The first-order valence-corrected chi connectivity index (χ1v) is 7.44. The number of rotatable bonds is 6. The lowest BCUT2D eigenvalue weighted by Gasteiger charge is -2.13. The minimum atomic E-state index is 0.624. The molecule has 19 heavy (non-hydrogen) atoms. The summed E-state index contributed by atoms with van der Waals surface area (Å²) < 4.78 is 5.50. The molecule has 0 fully saturated rings. The lowest BCUT2D eigenvalue weighted by molar-refractivity contribution is 0.342. The fourth-order valence-electron chi connectivity index (χ4n) is 1.99. The first kappa shape index (κ1) is 13.7.